The van der Waals surface area contributed by atoms with Gasteiger partial charge in [-0.15, -0.1) is 11.3 Å². The molecule has 6 nitrogen and oxygen atoms in total. The minimum absolute atomic E-state index is 0.304. The Labute approximate surface area is 161 Å². The molecule has 0 unspecified atom stereocenters. The molecule has 4 rings (SSSR count). The van der Waals surface area contributed by atoms with E-state index in [2.05, 4.69) is 21.4 Å². The quantitative estimate of drug-likeness (QED) is 0.675. The average molecular weight is 383 g/mol. The molecule has 0 saturated heterocycles. The van der Waals surface area contributed by atoms with Crippen LogP contribution in [0.1, 0.15) is 27.7 Å². The first kappa shape index (κ1) is 17.7. The predicted molar refractivity (Wildman–Crippen MR) is 106 cm³/mol. The number of benzene rings is 1. The number of carbonyl (C=O) groups is 1. The molecule has 3 aromatic rings. The van der Waals surface area contributed by atoms with Crippen LogP contribution in [0.25, 0.3) is 10.2 Å². The smallest absolute Gasteiger partial charge is 0.348 e. The zero-order valence-electron chi connectivity index (χ0n) is 15.3. The van der Waals surface area contributed by atoms with E-state index in [0.717, 1.165) is 40.3 Å². The number of para-hydroxylation sites is 1. The Hall–Kier alpha value is -2.67. The van der Waals surface area contributed by atoms with Crippen molar-refractivity contribution in [3.05, 3.63) is 46.6 Å². The standard InChI is InChI=1S/C20H21N3O3S/c1-3-25-20(24)17-12(2)16-18(22-11-23-19(16)27-17)21-9-13-8-14-6-4-5-7-15(14)26-10-13/h4-7,11,13H,3,8-10H2,1-2H3,(H,21,22,23)/t13-/m1/s1. The summed E-state index contributed by atoms with van der Waals surface area (Å²) in [5, 5.41) is 4.33. The predicted octanol–water partition coefficient (Wildman–Crippen LogP) is 3.84. The number of nitrogens with one attached hydrogen (secondary N) is 1. The molecule has 1 aliphatic rings. The third-order valence-electron chi connectivity index (χ3n) is 4.70. The first-order valence-corrected chi connectivity index (χ1v) is 9.84. The number of ether oxygens (including phenoxy) is 2. The highest BCUT2D eigenvalue weighted by Crippen LogP contribution is 2.34. The Morgan fingerprint density at radius 1 is 1.37 bits per heavy atom. The van der Waals surface area contributed by atoms with Gasteiger partial charge < -0.3 is 14.8 Å². The fourth-order valence-corrected chi connectivity index (χ4v) is 4.40. The molecule has 0 saturated carbocycles. The van der Waals surface area contributed by atoms with Crippen molar-refractivity contribution in [2.45, 2.75) is 20.3 Å². The largest absolute Gasteiger partial charge is 0.493 e. The molecular formula is C20H21N3O3S. The number of aryl methyl sites for hydroxylation is 1. The normalized spacial score (nSPS) is 15.9. The number of carbonyl (C=O) groups excluding carboxylic acids is 1. The van der Waals surface area contributed by atoms with E-state index < -0.39 is 0 Å². The summed E-state index contributed by atoms with van der Waals surface area (Å²) in [5.41, 5.74) is 2.10. The van der Waals surface area contributed by atoms with E-state index in [9.17, 15) is 4.79 Å². The van der Waals surface area contributed by atoms with Crippen molar-refractivity contribution in [3.63, 3.8) is 0 Å². The SMILES string of the molecule is CCOC(=O)c1sc2ncnc(NC[C@@H]3COc4ccccc4C3)c2c1C. The minimum atomic E-state index is -0.304. The number of anilines is 1. The maximum absolute atomic E-state index is 12.2. The van der Waals surface area contributed by atoms with Crippen molar-refractivity contribution in [3.8, 4) is 5.75 Å². The summed E-state index contributed by atoms with van der Waals surface area (Å²) in [6.07, 6.45) is 2.50. The van der Waals surface area contributed by atoms with E-state index in [1.54, 1.807) is 6.92 Å². The van der Waals surface area contributed by atoms with E-state index in [0.29, 0.717) is 24.0 Å². The van der Waals surface area contributed by atoms with Gasteiger partial charge in [0.25, 0.3) is 0 Å². The highest BCUT2D eigenvalue weighted by molar-refractivity contribution is 7.20. The monoisotopic (exact) mass is 383 g/mol. The first-order chi connectivity index (χ1) is 13.2. The molecule has 0 aliphatic carbocycles. The molecule has 0 amide bonds. The van der Waals surface area contributed by atoms with Gasteiger partial charge in [-0.1, -0.05) is 18.2 Å². The first-order valence-electron chi connectivity index (χ1n) is 9.03. The fraction of sp³-hybridized carbons (Fsp3) is 0.350. The van der Waals surface area contributed by atoms with Crippen LogP contribution >= 0.6 is 11.3 Å². The van der Waals surface area contributed by atoms with E-state index in [-0.39, 0.29) is 5.97 Å². The molecule has 1 aromatic carbocycles. The number of rotatable bonds is 5. The molecule has 0 spiro atoms. The van der Waals surface area contributed by atoms with Crippen LogP contribution in [0.15, 0.2) is 30.6 Å². The molecule has 1 aliphatic heterocycles. The van der Waals surface area contributed by atoms with Crippen LogP contribution in [0.4, 0.5) is 5.82 Å². The van der Waals surface area contributed by atoms with Gasteiger partial charge in [-0.25, -0.2) is 14.8 Å². The van der Waals surface area contributed by atoms with Crippen LogP contribution in [-0.4, -0.2) is 35.7 Å². The molecule has 140 valence electrons. The van der Waals surface area contributed by atoms with Gasteiger partial charge in [-0.2, -0.15) is 0 Å². The van der Waals surface area contributed by atoms with E-state index in [1.165, 1.54) is 23.2 Å². The lowest BCUT2D eigenvalue weighted by atomic mass is 9.97. The second-order valence-electron chi connectivity index (χ2n) is 6.55. The lowest BCUT2D eigenvalue weighted by Gasteiger charge is -2.25. The summed E-state index contributed by atoms with van der Waals surface area (Å²) < 4.78 is 11.0. The average Bonchev–Trinajstić information content (AvgIpc) is 3.04. The van der Waals surface area contributed by atoms with Crippen LogP contribution in [0.2, 0.25) is 0 Å². The van der Waals surface area contributed by atoms with Crippen molar-refractivity contribution in [1.29, 1.82) is 0 Å². The third kappa shape index (κ3) is 3.47. The zero-order valence-corrected chi connectivity index (χ0v) is 16.1. The lowest BCUT2D eigenvalue weighted by molar-refractivity contribution is 0.0531. The highest BCUT2D eigenvalue weighted by Gasteiger charge is 2.22. The van der Waals surface area contributed by atoms with Crippen LogP contribution in [0.5, 0.6) is 5.75 Å². The van der Waals surface area contributed by atoms with E-state index >= 15 is 0 Å². The molecule has 7 heteroatoms. The lowest BCUT2D eigenvalue weighted by Crippen LogP contribution is -2.27. The number of hydrogen-bond donors (Lipinski definition) is 1. The number of nitrogens with zero attached hydrogens (tertiary/aromatic N) is 2. The van der Waals surface area contributed by atoms with Crippen molar-refractivity contribution in [1.82, 2.24) is 9.97 Å². The van der Waals surface area contributed by atoms with Gasteiger partial charge in [0, 0.05) is 12.5 Å². The van der Waals surface area contributed by atoms with Gasteiger partial charge >= 0.3 is 5.97 Å². The molecule has 2 aromatic heterocycles. The maximum atomic E-state index is 12.2. The Bertz CT molecular complexity index is 986. The Balaban J connectivity index is 1.53. The number of thiophene rings is 1. The van der Waals surface area contributed by atoms with Gasteiger partial charge in [0.05, 0.1) is 18.6 Å². The molecule has 0 bridgehead atoms. The van der Waals surface area contributed by atoms with E-state index in [1.807, 2.05) is 25.1 Å². The summed E-state index contributed by atoms with van der Waals surface area (Å²) in [4.78, 5) is 22.3. The summed E-state index contributed by atoms with van der Waals surface area (Å²) in [5.74, 6) is 1.78. The Morgan fingerprint density at radius 2 is 2.22 bits per heavy atom. The summed E-state index contributed by atoms with van der Waals surface area (Å²) in [6.45, 7) is 5.49. The van der Waals surface area contributed by atoms with Gasteiger partial charge in [0.15, 0.2) is 0 Å². The van der Waals surface area contributed by atoms with Gasteiger partial charge in [-0.05, 0) is 37.5 Å². The molecule has 1 atom stereocenters. The second kappa shape index (κ2) is 7.52. The molecule has 3 heterocycles. The van der Waals surface area contributed by atoms with Crippen molar-refractivity contribution < 1.29 is 14.3 Å². The topological polar surface area (TPSA) is 73.3 Å². The van der Waals surface area contributed by atoms with Crippen molar-refractivity contribution >= 4 is 33.3 Å². The summed E-state index contributed by atoms with van der Waals surface area (Å²) >= 11 is 1.35. The van der Waals surface area contributed by atoms with Gasteiger partial charge in [0.2, 0.25) is 0 Å². The molecule has 27 heavy (non-hydrogen) atoms. The van der Waals surface area contributed by atoms with Crippen LogP contribution in [0.3, 0.4) is 0 Å². The molecular weight excluding hydrogens is 362 g/mol. The van der Waals surface area contributed by atoms with Gasteiger partial charge in [0.1, 0.15) is 27.6 Å². The molecule has 0 fully saturated rings. The van der Waals surface area contributed by atoms with E-state index in [4.69, 9.17) is 9.47 Å². The van der Waals surface area contributed by atoms with Crippen molar-refractivity contribution in [2.75, 3.05) is 25.1 Å². The highest BCUT2D eigenvalue weighted by atomic mass is 32.1. The van der Waals surface area contributed by atoms with Crippen molar-refractivity contribution in [2.24, 2.45) is 5.92 Å². The van der Waals surface area contributed by atoms with Gasteiger partial charge in [-0.3, -0.25) is 0 Å². The van der Waals surface area contributed by atoms with Crippen LogP contribution < -0.4 is 10.1 Å². The maximum Gasteiger partial charge on any atom is 0.348 e. The number of hydrogen-bond acceptors (Lipinski definition) is 7. The molecule has 1 N–H and O–H groups in total. The summed E-state index contributed by atoms with van der Waals surface area (Å²) in [7, 11) is 0. The Morgan fingerprint density at radius 3 is 3.07 bits per heavy atom. The second-order valence-corrected chi connectivity index (χ2v) is 7.55. The third-order valence-corrected chi connectivity index (χ3v) is 5.88. The van der Waals surface area contributed by atoms with Crippen LogP contribution in [0, 0.1) is 12.8 Å². The molecule has 0 radical (unpaired) electrons. The fourth-order valence-electron chi connectivity index (χ4n) is 3.36. The zero-order chi connectivity index (χ0) is 18.8. The number of fused-ring (bicyclic) bond motifs is 2. The minimum Gasteiger partial charge on any atom is -0.493 e. The summed E-state index contributed by atoms with van der Waals surface area (Å²) in [6, 6.07) is 8.16. The Kier molecular flexibility index (Phi) is 4.94. The number of aromatic nitrogens is 2. The van der Waals surface area contributed by atoms with Crippen LogP contribution in [-0.2, 0) is 11.2 Å². The number of esters is 1.